The van der Waals surface area contributed by atoms with E-state index in [1.165, 1.54) is 0 Å². The Morgan fingerprint density at radius 2 is 1.95 bits per heavy atom. The number of nitrogens with zero attached hydrogens (tertiary/aromatic N) is 1. The smallest absolute Gasteiger partial charge is 0.326 e. The number of urea groups is 1. The third-order valence-electron chi connectivity index (χ3n) is 3.31. The molecule has 7 heteroatoms. The highest BCUT2D eigenvalue weighted by Gasteiger charge is 2.30. The van der Waals surface area contributed by atoms with Crippen molar-refractivity contribution in [2.75, 3.05) is 6.54 Å². The van der Waals surface area contributed by atoms with E-state index >= 15 is 0 Å². The van der Waals surface area contributed by atoms with Crippen molar-refractivity contribution in [1.29, 1.82) is 0 Å². The SMILES string of the molecule is CC(C)N(CC1CC1)C(=O)NC(CCC(N)=O)C(=O)O. The Kier molecular flexibility index (Phi) is 5.79. The van der Waals surface area contributed by atoms with Crippen LogP contribution in [0.15, 0.2) is 0 Å². The Labute approximate surface area is 118 Å². The highest BCUT2D eigenvalue weighted by atomic mass is 16.4. The summed E-state index contributed by atoms with van der Waals surface area (Å²) in [5.41, 5.74) is 5.00. The van der Waals surface area contributed by atoms with Gasteiger partial charge in [0, 0.05) is 19.0 Å². The van der Waals surface area contributed by atoms with Crippen LogP contribution in [0.2, 0.25) is 0 Å². The Hall–Kier alpha value is -1.79. The van der Waals surface area contributed by atoms with Crippen molar-refractivity contribution < 1.29 is 19.5 Å². The first-order chi connectivity index (χ1) is 9.31. The predicted molar refractivity (Wildman–Crippen MR) is 72.9 cm³/mol. The first kappa shape index (κ1) is 16.3. The molecule has 0 bridgehead atoms. The van der Waals surface area contributed by atoms with Gasteiger partial charge in [-0.1, -0.05) is 0 Å². The van der Waals surface area contributed by atoms with Crippen LogP contribution in [-0.2, 0) is 9.59 Å². The number of carbonyl (C=O) groups excluding carboxylic acids is 2. The molecule has 114 valence electrons. The van der Waals surface area contributed by atoms with Gasteiger partial charge in [0.15, 0.2) is 0 Å². The zero-order valence-corrected chi connectivity index (χ0v) is 12.0. The molecule has 0 aliphatic heterocycles. The molecule has 4 N–H and O–H groups in total. The van der Waals surface area contributed by atoms with Crippen LogP contribution in [0.4, 0.5) is 4.79 Å². The fourth-order valence-electron chi connectivity index (χ4n) is 1.88. The molecule has 1 fully saturated rings. The summed E-state index contributed by atoms with van der Waals surface area (Å²) in [6.07, 6.45) is 2.16. The fraction of sp³-hybridized carbons (Fsp3) is 0.769. The Balaban J connectivity index is 2.57. The molecule has 3 amide bonds. The lowest BCUT2D eigenvalue weighted by atomic mass is 10.1. The van der Waals surface area contributed by atoms with E-state index < -0.39 is 23.9 Å². The van der Waals surface area contributed by atoms with Crippen molar-refractivity contribution in [1.82, 2.24) is 10.2 Å². The van der Waals surface area contributed by atoms with E-state index in [-0.39, 0.29) is 18.9 Å². The highest BCUT2D eigenvalue weighted by molar-refractivity contribution is 5.83. The number of carbonyl (C=O) groups is 3. The predicted octanol–water partition coefficient (Wildman–Crippen LogP) is 0.535. The molecule has 0 spiro atoms. The molecule has 1 saturated carbocycles. The number of primary amides is 1. The van der Waals surface area contributed by atoms with Crippen molar-refractivity contribution in [3.05, 3.63) is 0 Å². The maximum atomic E-state index is 12.1. The highest BCUT2D eigenvalue weighted by Crippen LogP contribution is 2.30. The van der Waals surface area contributed by atoms with E-state index in [0.29, 0.717) is 12.5 Å². The third kappa shape index (κ3) is 5.46. The lowest BCUT2D eigenvalue weighted by Crippen LogP contribution is -2.51. The van der Waals surface area contributed by atoms with E-state index in [0.717, 1.165) is 12.8 Å². The van der Waals surface area contributed by atoms with Crippen LogP contribution in [0.25, 0.3) is 0 Å². The molecule has 20 heavy (non-hydrogen) atoms. The minimum absolute atomic E-state index is 0.00110. The maximum Gasteiger partial charge on any atom is 0.326 e. The summed E-state index contributed by atoms with van der Waals surface area (Å²) in [4.78, 5) is 35.6. The zero-order valence-electron chi connectivity index (χ0n) is 12.0. The molecule has 1 aliphatic carbocycles. The van der Waals surface area contributed by atoms with Gasteiger partial charge in [0.25, 0.3) is 0 Å². The van der Waals surface area contributed by atoms with E-state index in [1.807, 2.05) is 13.8 Å². The second kappa shape index (κ2) is 7.12. The van der Waals surface area contributed by atoms with Crippen LogP contribution in [0.5, 0.6) is 0 Å². The van der Waals surface area contributed by atoms with E-state index in [2.05, 4.69) is 5.32 Å². The third-order valence-corrected chi connectivity index (χ3v) is 3.31. The minimum atomic E-state index is -1.16. The Morgan fingerprint density at radius 3 is 2.35 bits per heavy atom. The molecular weight excluding hydrogens is 262 g/mol. The number of nitrogens with two attached hydrogens (primary N) is 1. The largest absolute Gasteiger partial charge is 0.480 e. The van der Waals surface area contributed by atoms with E-state index in [4.69, 9.17) is 10.8 Å². The molecule has 0 heterocycles. The number of rotatable bonds is 8. The van der Waals surface area contributed by atoms with E-state index in [9.17, 15) is 14.4 Å². The average molecular weight is 285 g/mol. The lowest BCUT2D eigenvalue weighted by Gasteiger charge is -2.28. The number of hydrogen-bond donors (Lipinski definition) is 3. The first-order valence-corrected chi connectivity index (χ1v) is 6.89. The van der Waals surface area contributed by atoms with Crippen molar-refractivity contribution in [3.63, 3.8) is 0 Å². The molecule has 0 aromatic rings. The summed E-state index contributed by atoms with van der Waals surface area (Å²) in [6, 6.07) is -1.49. The van der Waals surface area contributed by atoms with Crippen LogP contribution in [0.3, 0.4) is 0 Å². The van der Waals surface area contributed by atoms with Gasteiger partial charge in [0.1, 0.15) is 6.04 Å². The quantitative estimate of drug-likeness (QED) is 0.604. The molecule has 0 aromatic heterocycles. The number of hydrogen-bond acceptors (Lipinski definition) is 3. The van der Waals surface area contributed by atoms with Gasteiger partial charge >= 0.3 is 12.0 Å². The first-order valence-electron chi connectivity index (χ1n) is 6.89. The number of carboxylic acid groups (broad SMARTS) is 1. The van der Waals surface area contributed by atoms with Crippen molar-refractivity contribution in [2.24, 2.45) is 11.7 Å². The van der Waals surface area contributed by atoms with Gasteiger partial charge < -0.3 is 21.1 Å². The summed E-state index contributed by atoms with van der Waals surface area (Å²) >= 11 is 0. The van der Waals surface area contributed by atoms with Gasteiger partial charge in [-0.05, 0) is 39.0 Å². The number of aliphatic carboxylic acids is 1. The molecule has 1 rings (SSSR count). The van der Waals surface area contributed by atoms with Crippen molar-refractivity contribution in [3.8, 4) is 0 Å². The van der Waals surface area contributed by atoms with Crippen molar-refractivity contribution >= 4 is 17.9 Å². The van der Waals surface area contributed by atoms with E-state index in [1.54, 1.807) is 4.90 Å². The zero-order chi connectivity index (χ0) is 15.3. The van der Waals surface area contributed by atoms with Crippen LogP contribution in [-0.4, -0.2) is 46.5 Å². The van der Waals surface area contributed by atoms with Gasteiger partial charge in [-0.25, -0.2) is 9.59 Å². The van der Waals surface area contributed by atoms with Crippen LogP contribution >= 0.6 is 0 Å². The Bertz CT molecular complexity index is 380. The number of amides is 3. The number of carboxylic acids is 1. The Morgan fingerprint density at radius 1 is 1.35 bits per heavy atom. The normalized spacial score (nSPS) is 15.8. The summed E-state index contributed by atoms with van der Waals surface area (Å²) < 4.78 is 0. The van der Waals surface area contributed by atoms with Gasteiger partial charge in [-0.15, -0.1) is 0 Å². The monoisotopic (exact) mass is 285 g/mol. The summed E-state index contributed by atoms with van der Waals surface area (Å²) in [6.45, 7) is 4.42. The second-order valence-electron chi connectivity index (χ2n) is 5.53. The molecular formula is C13H23N3O4. The average Bonchev–Trinajstić information content (AvgIpc) is 3.13. The topological polar surface area (TPSA) is 113 Å². The standard InChI is InChI=1S/C13H23N3O4/c1-8(2)16(7-9-3-4-9)13(20)15-10(12(18)19)5-6-11(14)17/h8-10H,3-7H2,1-2H3,(H2,14,17)(H,15,20)(H,18,19). The fourth-order valence-corrected chi connectivity index (χ4v) is 1.88. The summed E-state index contributed by atoms with van der Waals surface area (Å²) in [5.74, 6) is -1.21. The van der Waals surface area contributed by atoms with Gasteiger partial charge in [0.2, 0.25) is 5.91 Å². The van der Waals surface area contributed by atoms with Gasteiger partial charge in [-0.2, -0.15) is 0 Å². The van der Waals surface area contributed by atoms with Crippen molar-refractivity contribution in [2.45, 2.75) is 51.6 Å². The van der Waals surface area contributed by atoms with Gasteiger partial charge in [-0.3, -0.25) is 4.79 Å². The van der Waals surface area contributed by atoms with Crippen LogP contribution in [0, 0.1) is 5.92 Å². The molecule has 1 aliphatic rings. The molecule has 7 nitrogen and oxygen atoms in total. The minimum Gasteiger partial charge on any atom is -0.480 e. The molecule has 1 atom stereocenters. The molecule has 0 saturated heterocycles. The molecule has 0 radical (unpaired) electrons. The maximum absolute atomic E-state index is 12.1. The summed E-state index contributed by atoms with van der Waals surface area (Å²) in [7, 11) is 0. The summed E-state index contributed by atoms with van der Waals surface area (Å²) in [5, 5.41) is 11.5. The number of nitrogens with one attached hydrogen (secondary N) is 1. The van der Waals surface area contributed by atoms with Crippen LogP contribution < -0.4 is 11.1 Å². The molecule has 1 unspecified atom stereocenters. The second-order valence-corrected chi connectivity index (χ2v) is 5.53. The van der Waals surface area contributed by atoms with Gasteiger partial charge in [0.05, 0.1) is 0 Å². The lowest BCUT2D eigenvalue weighted by molar-refractivity contribution is -0.139. The van der Waals surface area contributed by atoms with Crippen LogP contribution in [0.1, 0.15) is 39.5 Å². The molecule has 0 aromatic carbocycles.